The molecule has 2 heterocycles. The minimum Gasteiger partial charge on any atom is -0.490 e. The van der Waals surface area contributed by atoms with Crippen LogP contribution in [0.1, 0.15) is 55.2 Å². The van der Waals surface area contributed by atoms with Crippen molar-refractivity contribution in [2.24, 2.45) is 0 Å². The number of aryl methyl sites for hydroxylation is 1. The second kappa shape index (κ2) is 9.94. The molecule has 0 spiro atoms. The highest BCUT2D eigenvalue weighted by Gasteiger charge is 2.45. The molecular weight excluding hydrogens is 505 g/mol. The summed E-state index contributed by atoms with van der Waals surface area (Å²) in [6, 6.07) is 8.31. The highest BCUT2D eigenvalue weighted by atomic mass is 32.2. The van der Waals surface area contributed by atoms with Gasteiger partial charge in [0.15, 0.2) is 11.6 Å². The number of rotatable bonds is 6. The molecule has 3 aliphatic rings. The molecule has 2 aliphatic heterocycles. The summed E-state index contributed by atoms with van der Waals surface area (Å²) in [5.74, 6) is -3.65. The van der Waals surface area contributed by atoms with Crippen LogP contribution in [0, 0.1) is 12.7 Å². The van der Waals surface area contributed by atoms with Gasteiger partial charge in [-0.25, -0.2) is 21.6 Å². The SMILES string of the molecule is Cc1ccc(S(=O)(=O)N2CCC[C@H]2C(=O)N(Cc2ccc3c(c2F)OCC3)C2CCC(F)(F)CC2)cc1. The number of carbonyl (C=O) groups excluding carboxylic acids is 1. The van der Waals surface area contributed by atoms with Crippen molar-refractivity contribution in [2.45, 2.75) is 81.3 Å². The normalized spacial score (nSPS) is 22.0. The summed E-state index contributed by atoms with van der Waals surface area (Å²) in [5, 5.41) is 0. The standard InChI is InChI=1S/C27H31F3N2O4S/c1-18-4-8-22(9-5-18)37(34,35)32-15-2-3-23(32)26(33)31(21-10-13-27(29,30)14-11-21)17-20-7-6-19-12-16-36-25(19)24(20)28/h4-9,21,23H,2-3,10-17H2,1H3/t23-/m0/s1. The van der Waals surface area contributed by atoms with Crippen molar-refractivity contribution in [2.75, 3.05) is 13.2 Å². The molecule has 2 aromatic carbocycles. The van der Waals surface area contributed by atoms with Crippen LogP contribution in [0.25, 0.3) is 0 Å². The molecule has 0 bridgehead atoms. The molecule has 37 heavy (non-hydrogen) atoms. The van der Waals surface area contributed by atoms with Crippen molar-refractivity contribution in [1.29, 1.82) is 0 Å². The van der Waals surface area contributed by atoms with Crippen LogP contribution in [-0.4, -0.2) is 54.7 Å². The average Bonchev–Trinajstić information content (AvgIpc) is 3.55. The molecule has 10 heteroatoms. The lowest BCUT2D eigenvalue weighted by molar-refractivity contribution is -0.141. The fourth-order valence-electron chi connectivity index (χ4n) is 5.59. The lowest BCUT2D eigenvalue weighted by atomic mass is 9.90. The summed E-state index contributed by atoms with van der Waals surface area (Å²) >= 11 is 0. The van der Waals surface area contributed by atoms with Crippen molar-refractivity contribution in [1.82, 2.24) is 9.21 Å². The number of carbonyl (C=O) groups is 1. The number of alkyl halides is 2. The third kappa shape index (κ3) is 5.10. The summed E-state index contributed by atoms with van der Waals surface area (Å²) in [6.45, 7) is 2.29. The van der Waals surface area contributed by atoms with Crippen molar-refractivity contribution in [3.05, 3.63) is 58.9 Å². The Morgan fingerprint density at radius 3 is 2.51 bits per heavy atom. The Hall–Kier alpha value is -2.59. The molecule has 6 nitrogen and oxygen atoms in total. The summed E-state index contributed by atoms with van der Waals surface area (Å²) in [7, 11) is -3.95. The third-order valence-electron chi connectivity index (χ3n) is 7.74. The van der Waals surface area contributed by atoms with Gasteiger partial charge in [-0.1, -0.05) is 29.8 Å². The van der Waals surface area contributed by atoms with Gasteiger partial charge in [0.1, 0.15) is 6.04 Å². The first-order valence-corrected chi connectivity index (χ1v) is 14.2. The van der Waals surface area contributed by atoms with Crippen LogP contribution in [-0.2, 0) is 27.8 Å². The quantitative estimate of drug-likeness (QED) is 0.531. The van der Waals surface area contributed by atoms with Crippen LogP contribution in [0.2, 0.25) is 0 Å². The first-order chi connectivity index (χ1) is 17.6. The van der Waals surface area contributed by atoms with Crippen LogP contribution in [0.15, 0.2) is 41.3 Å². The van der Waals surface area contributed by atoms with E-state index < -0.39 is 39.8 Å². The van der Waals surface area contributed by atoms with E-state index in [1.807, 2.05) is 6.92 Å². The molecule has 2 aromatic rings. The van der Waals surface area contributed by atoms with Gasteiger partial charge in [0, 0.05) is 49.5 Å². The van der Waals surface area contributed by atoms with Gasteiger partial charge >= 0.3 is 0 Å². The molecule has 1 aliphatic carbocycles. The van der Waals surface area contributed by atoms with Gasteiger partial charge in [-0.3, -0.25) is 4.79 Å². The van der Waals surface area contributed by atoms with Crippen LogP contribution >= 0.6 is 0 Å². The van der Waals surface area contributed by atoms with E-state index in [4.69, 9.17) is 4.74 Å². The highest BCUT2D eigenvalue weighted by Crippen LogP contribution is 2.38. The topological polar surface area (TPSA) is 66.9 Å². The maximum Gasteiger partial charge on any atom is 0.248 e. The van der Waals surface area contributed by atoms with E-state index in [2.05, 4.69) is 0 Å². The molecular formula is C27H31F3N2O4S. The van der Waals surface area contributed by atoms with Crippen LogP contribution in [0.4, 0.5) is 13.2 Å². The molecule has 5 rings (SSSR count). The van der Waals surface area contributed by atoms with Crippen LogP contribution in [0.5, 0.6) is 5.75 Å². The van der Waals surface area contributed by atoms with Gasteiger partial charge < -0.3 is 9.64 Å². The molecule has 1 saturated carbocycles. The molecule has 1 saturated heterocycles. The number of ether oxygens (including phenoxy) is 1. The zero-order valence-electron chi connectivity index (χ0n) is 20.8. The predicted octanol–water partition coefficient (Wildman–Crippen LogP) is 4.83. The fourth-order valence-corrected chi connectivity index (χ4v) is 7.24. The van der Waals surface area contributed by atoms with Crippen molar-refractivity contribution < 1.29 is 31.1 Å². The summed E-state index contributed by atoms with van der Waals surface area (Å²) in [5.41, 5.74) is 1.90. The summed E-state index contributed by atoms with van der Waals surface area (Å²) in [4.78, 5) is 15.5. The van der Waals surface area contributed by atoms with Gasteiger partial charge in [0.05, 0.1) is 11.5 Å². The average molecular weight is 537 g/mol. The highest BCUT2D eigenvalue weighted by molar-refractivity contribution is 7.89. The van der Waals surface area contributed by atoms with Gasteiger partial charge in [-0.05, 0) is 44.7 Å². The lowest BCUT2D eigenvalue weighted by Gasteiger charge is -2.39. The van der Waals surface area contributed by atoms with Gasteiger partial charge in [-0.15, -0.1) is 0 Å². The van der Waals surface area contributed by atoms with Crippen LogP contribution in [0.3, 0.4) is 0 Å². The van der Waals surface area contributed by atoms with Gasteiger partial charge in [0.2, 0.25) is 21.9 Å². The number of benzene rings is 2. The molecule has 0 unspecified atom stereocenters. The van der Waals surface area contributed by atoms with E-state index in [0.717, 1.165) is 11.1 Å². The molecule has 1 atom stereocenters. The minimum atomic E-state index is -3.95. The monoisotopic (exact) mass is 536 g/mol. The van der Waals surface area contributed by atoms with E-state index in [9.17, 15) is 22.0 Å². The number of sulfonamides is 1. The summed E-state index contributed by atoms with van der Waals surface area (Å²) in [6.07, 6.45) is 0.817. The Kier molecular flexibility index (Phi) is 7.00. The number of hydrogen-bond donors (Lipinski definition) is 0. The molecule has 0 radical (unpaired) electrons. The van der Waals surface area contributed by atoms with E-state index in [1.165, 1.54) is 21.3 Å². The Labute approximate surface area is 215 Å². The summed E-state index contributed by atoms with van der Waals surface area (Å²) < 4.78 is 76.8. The van der Waals surface area contributed by atoms with E-state index in [-0.39, 0.29) is 55.0 Å². The molecule has 1 amide bonds. The number of amides is 1. The van der Waals surface area contributed by atoms with Crippen LogP contribution < -0.4 is 4.74 Å². The number of halogens is 3. The molecule has 2 fully saturated rings. The Balaban J connectivity index is 1.45. The second-order valence-electron chi connectivity index (χ2n) is 10.3. The van der Waals surface area contributed by atoms with Gasteiger partial charge in [-0.2, -0.15) is 4.31 Å². The maximum absolute atomic E-state index is 15.3. The third-order valence-corrected chi connectivity index (χ3v) is 9.67. The van der Waals surface area contributed by atoms with E-state index in [1.54, 1.807) is 24.3 Å². The fraction of sp³-hybridized carbons (Fsp3) is 0.519. The smallest absolute Gasteiger partial charge is 0.248 e. The minimum absolute atomic E-state index is 0.0687. The second-order valence-corrected chi connectivity index (χ2v) is 12.2. The van der Waals surface area contributed by atoms with Crippen molar-refractivity contribution >= 4 is 15.9 Å². The molecule has 200 valence electrons. The zero-order chi connectivity index (χ0) is 26.4. The predicted molar refractivity (Wildman–Crippen MR) is 131 cm³/mol. The van der Waals surface area contributed by atoms with E-state index in [0.29, 0.717) is 25.9 Å². The van der Waals surface area contributed by atoms with Crippen molar-refractivity contribution in [3.8, 4) is 5.75 Å². The zero-order valence-corrected chi connectivity index (χ0v) is 21.6. The first-order valence-electron chi connectivity index (χ1n) is 12.8. The Morgan fingerprint density at radius 2 is 1.81 bits per heavy atom. The van der Waals surface area contributed by atoms with E-state index >= 15 is 4.39 Å². The Morgan fingerprint density at radius 1 is 1.11 bits per heavy atom. The Bertz CT molecular complexity index is 1270. The lowest BCUT2D eigenvalue weighted by Crippen LogP contribution is -2.52. The number of hydrogen-bond acceptors (Lipinski definition) is 4. The molecule has 0 aromatic heterocycles. The molecule has 0 N–H and O–H groups in total. The van der Waals surface area contributed by atoms with Crippen molar-refractivity contribution in [3.63, 3.8) is 0 Å². The maximum atomic E-state index is 15.3. The first kappa shape index (κ1) is 26.0. The largest absolute Gasteiger partial charge is 0.490 e. The number of fused-ring (bicyclic) bond motifs is 1. The van der Waals surface area contributed by atoms with Gasteiger partial charge in [0.25, 0.3) is 0 Å². The number of nitrogens with zero attached hydrogens (tertiary/aromatic N) is 2.